The molecule has 28 heavy (non-hydrogen) atoms. The monoisotopic (exact) mass is 402 g/mol. The van der Waals surface area contributed by atoms with Crippen LogP contribution < -0.4 is 14.5 Å². The van der Waals surface area contributed by atoms with E-state index < -0.39 is 10.0 Å². The fourth-order valence-electron chi connectivity index (χ4n) is 3.61. The van der Waals surface area contributed by atoms with E-state index in [0.717, 1.165) is 37.4 Å². The summed E-state index contributed by atoms with van der Waals surface area (Å²) in [6.07, 6.45) is 1.21. The van der Waals surface area contributed by atoms with E-state index in [4.69, 9.17) is 0 Å². The van der Waals surface area contributed by atoms with Crippen molar-refractivity contribution in [2.24, 2.45) is 0 Å². The van der Waals surface area contributed by atoms with Crippen LogP contribution in [0.2, 0.25) is 0 Å². The minimum atomic E-state index is -3.24. The second kappa shape index (κ2) is 8.94. The van der Waals surface area contributed by atoms with Crippen LogP contribution in [0.1, 0.15) is 11.6 Å². The number of nitrogens with one attached hydrogen (secondary N) is 1. The van der Waals surface area contributed by atoms with Crippen LogP contribution in [0.4, 0.5) is 11.4 Å². The Morgan fingerprint density at radius 1 is 0.964 bits per heavy atom. The fourth-order valence-corrected chi connectivity index (χ4v) is 4.07. The number of hydrogen-bond donors (Lipinski definition) is 1. The Balaban J connectivity index is 1.73. The van der Waals surface area contributed by atoms with Gasteiger partial charge >= 0.3 is 0 Å². The standard InChI is InChI=1S/C21H30N4O2S/c1-23(2)19-11-9-18(10-12-19)21(17-22-28(3,26)27)25-15-13-24(14-16-25)20-7-5-4-6-8-20/h4-12,21-22H,13-17H2,1-3H3. The maximum Gasteiger partial charge on any atom is 0.208 e. The van der Waals surface area contributed by atoms with E-state index in [-0.39, 0.29) is 6.04 Å². The molecule has 6 nitrogen and oxygen atoms in total. The van der Waals surface area contributed by atoms with E-state index in [1.807, 2.05) is 20.2 Å². The zero-order valence-electron chi connectivity index (χ0n) is 16.9. The quantitative estimate of drug-likeness (QED) is 0.769. The van der Waals surface area contributed by atoms with E-state index in [0.29, 0.717) is 6.54 Å². The Hall–Kier alpha value is -2.09. The van der Waals surface area contributed by atoms with Crippen LogP contribution in [0.5, 0.6) is 0 Å². The molecule has 0 aromatic heterocycles. The molecule has 0 aliphatic carbocycles. The summed E-state index contributed by atoms with van der Waals surface area (Å²) in [4.78, 5) is 6.82. The summed E-state index contributed by atoms with van der Waals surface area (Å²) in [7, 11) is 0.792. The molecule has 1 aliphatic heterocycles. The summed E-state index contributed by atoms with van der Waals surface area (Å²) in [6, 6.07) is 18.8. The van der Waals surface area contributed by atoms with Crippen molar-refractivity contribution in [2.45, 2.75) is 6.04 Å². The van der Waals surface area contributed by atoms with Gasteiger partial charge in [-0.15, -0.1) is 0 Å². The minimum absolute atomic E-state index is 0.0175. The van der Waals surface area contributed by atoms with Gasteiger partial charge in [0, 0.05) is 64.2 Å². The molecule has 0 radical (unpaired) electrons. The van der Waals surface area contributed by atoms with Crippen LogP contribution >= 0.6 is 0 Å². The van der Waals surface area contributed by atoms with Gasteiger partial charge in [-0.25, -0.2) is 13.1 Å². The number of hydrogen-bond acceptors (Lipinski definition) is 5. The Labute approximate surface area is 168 Å². The molecule has 1 heterocycles. The highest BCUT2D eigenvalue weighted by Crippen LogP contribution is 2.25. The molecule has 0 amide bonds. The summed E-state index contributed by atoms with van der Waals surface area (Å²) >= 11 is 0. The highest BCUT2D eigenvalue weighted by molar-refractivity contribution is 7.88. The third-order valence-corrected chi connectivity index (χ3v) is 5.90. The molecule has 0 spiro atoms. The Kier molecular flexibility index (Phi) is 6.59. The maximum atomic E-state index is 11.7. The van der Waals surface area contributed by atoms with E-state index in [1.165, 1.54) is 11.9 Å². The summed E-state index contributed by atoms with van der Waals surface area (Å²) in [5.41, 5.74) is 3.51. The first-order valence-corrected chi connectivity index (χ1v) is 11.5. The summed E-state index contributed by atoms with van der Waals surface area (Å²) < 4.78 is 26.1. The summed E-state index contributed by atoms with van der Waals surface area (Å²) in [6.45, 7) is 4.01. The molecule has 1 saturated heterocycles. The molecule has 0 bridgehead atoms. The van der Waals surface area contributed by atoms with Crippen LogP contribution in [0.3, 0.4) is 0 Å². The molecule has 2 aromatic carbocycles. The number of sulfonamides is 1. The lowest BCUT2D eigenvalue weighted by molar-refractivity contribution is 0.187. The first kappa shape index (κ1) is 20.6. The van der Waals surface area contributed by atoms with Crippen LogP contribution in [-0.2, 0) is 10.0 Å². The van der Waals surface area contributed by atoms with E-state index >= 15 is 0 Å². The van der Waals surface area contributed by atoms with Crippen molar-refractivity contribution in [3.05, 3.63) is 60.2 Å². The average molecular weight is 403 g/mol. The molecule has 0 saturated carbocycles. The van der Waals surface area contributed by atoms with Crippen molar-refractivity contribution in [3.8, 4) is 0 Å². The van der Waals surface area contributed by atoms with Gasteiger partial charge in [-0.3, -0.25) is 4.90 Å². The number of rotatable bonds is 7. The SMILES string of the molecule is CN(C)c1ccc(C(CNS(C)(=O)=O)N2CCN(c3ccccc3)CC2)cc1. The molecule has 152 valence electrons. The highest BCUT2D eigenvalue weighted by Gasteiger charge is 2.26. The molecule has 3 rings (SSSR count). The highest BCUT2D eigenvalue weighted by atomic mass is 32.2. The van der Waals surface area contributed by atoms with Gasteiger partial charge in [-0.1, -0.05) is 30.3 Å². The lowest BCUT2D eigenvalue weighted by atomic mass is 10.0. The number of anilines is 2. The summed E-state index contributed by atoms with van der Waals surface area (Å²) in [5, 5.41) is 0. The van der Waals surface area contributed by atoms with Gasteiger partial charge in [0.05, 0.1) is 6.26 Å². The number of para-hydroxylation sites is 1. The van der Waals surface area contributed by atoms with Gasteiger partial charge in [0.25, 0.3) is 0 Å². The zero-order valence-corrected chi connectivity index (χ0v) is 17.7. The lowest BCUT2D eigenvalue weighted by Crippen LogP contribution is -2.49. The Morgan fingerprint density at radius 2 is 1.57 bits per heavy atom. The van der Waals surface area contributed by atoms with Crippen molar-refractivity contribution in [2.75, 3.05) is 62.9 Å². The number of nitrogens with zero attached hydrogens (tertiary/aromatic N) is 3. The van der Waals surface area contributed by atoms with E-state index in [2.05, 4.69) is 68.0 Å². The molecule has 1 atom stereocenters. The van der Waals surface area contributed by atoms with Gasteiger partial charge in [-0.05, 0) is 29.8 Å². The normalized spacial score (nSPS) is 16.8. The van der Waals surface area contributed by atoms with Crippen molar-refractivity contribution >= 4 is 21.4 Å². The molecular formula is C21H30N4O2S. The molecule has 1 aliphatic rings. The molecule has 1 unspecified atom stereocenters. The van der Waals surface area contributed by atoms with Gasteiger partial charge in [0.15, 0.2) is 0 Å². The van der Waals surface area contributed by atoms with Gasteiger partial charge in [-0.2, -0.15) is 0 Å². The van der Waals surface area contributed by atoms with Gasteiger partial charge < -0.3 is 9.80 Å². The first-order valence-electron chi connectivity index (χ1n) is 9.59. The van der Waals surface area contributed by atoms with Gasteiger partial charge in [0.1, 0.15) is 0 Å². The van der Waals surface area contributed by atoms with Gasteiger partial charge in [0.2, 0.25) is 10.0 Å². The molecule has 1 N–H and O–H groups in total. The first-order chi connectivity index (χ1) is 13.3. The Morgan fingerprint density at radius 3 is 2.11 bits per heavy atom. The van der Waals surface area contributed by atoms with Crippen molar-refractivity contribution < 1.29 is 8.42 Å². The average Bonchev–Trinajstić information content (AvgIpc) is 2.69. The Bertz CT molecular complexity index is 846. The number of piperazine rings is 1. The van der Waals surface area contributed by atoms with Crippen LogP contribution in [0.25, 0.3) is 0 Å². The summed E-state index contributed by atoms with van der Waals surface area (Å²) in [5.74, 6) is 0. The predicted molar refractivity (Wildman–Crippen MR) is 117 cm³/mol. The fraction of sp³-hybridized carbons (Fsp3) is 0.429. The van der Waals surface area contributed by atoms with Crippen molar-refractivity contribution in [1.29, 1.82) is 0 Å². The molecule has 2 aromatic rings. The molecular weight excluding hydrogens is 372 g/mol. The minimum Gasteiger partial charge on any atom is -0.378 e. The topological polar surface area (TPSA) is 55.9 Å². The van der Waals surface area contributed by atoms with E-state index in [9.17, 15) is 8.42 Å². The largest absolute Gasteiger partial charge is 0.378 e. The number of benzene rings is 2. The maximum absolute atomic E-state index is 11.7. The van der Waals surface area contributed by atoms with Crippen LogP contribution in [-0.4, -0.2) is 66.4 Å². The van der Waals surface area contributed by atoms with Crippen molar-refractivity contribution in [1.82, 2.24) is 9.62 Å². The van der Waals surface area contributed by atoms with E-state index in [1.54, 1.807) is 0 Å². The zero-order chi connectivity index (χ0) is 20.1. The third-order valence-electron chi connectivity index (χ3n) is 5.21. The van der Waals surface area contributed by atoms with Crippen LogP contribution in [0.15, 0.2) is 54.6 Å². The third kappa shape index (κ3) is 5.47. The predicted octanol–water partition coefficient (Wildman–Crippen LogP) is 2.17. The second-order valence-electron chi connectivity index (χ2n) is 7.48. The second-order valence-corrected chi connectivity index (χ2v) is 9.31. The lowest BCUT2D eigenvalue weighted by Gasteiger charge is -2.40. The van der Waals surface area contributed by atoms with Crippen LogP contribution in [0, 0.1) is 0 Å². The van der Waals surface area contributed by atoms with Crippen molar-refractivity contribution in [3.63, 3.8) is 0 Å². The smallest absolute Gasteiger partial charge is 0.208 e. The molecule has 7 heteroatoms. The molecule has 1 fully saturated rings.